The molecule has 88 valence electrons. The van der Waals surface area contributed by atoms with Gasteiger partial charge in [-0.15, -0.1) is 11.3 Å². The second kappa shape index (κ2) is 4.98. The van der Waals surface area contributed by atoms with Crippen LogP contribution in [-0.2, 0) is 19.3 Å². The Hall–Kier alpha value is -1.19. The molecule has 0 spiro atoms. The first kappa shape index (κ1) is 10.9. The van der Waals surface area contributed by atoms with Crippen molar-refractivity contribution in [2.75, 3.05) is 6.54 Å². The Morgan fingerprint density at radius 3 is 2.65 bits per heavy atom. The molecule has 0 fully saturated rings. The van der Waals surface area contributed by atoms with Gasteiger partial charge in [0.2, 0.25) is 0 Å². The molecule has 0 aliphatic heterocycles. The monoisotopic (exact) mass is 244 g/mol. The Kier molecular flexibility index (Phi) is 3.20. The van der Waals surface area contributed by atoms with Crippen LogP contribution in [0, 0.1) is 0 Å². The standard InChI is InChI=1S/C14H16N2S/c1-2-4-12-10-13(9-11(12)3-1)15-6-5-14-16-7-8-17-14/h1-4,7-8,13,15H,5-6,9-10H2. The van der Waals surface area contributed by atoms with Crippen LogP contribution in [0.15, 0.2) is 35.8 Å². The minimum absolute atomic E-state index is 0.618. The van der Waals surface area contributed by atoms with E-state index < -0.39 is 0 Å². The highest BCUT2D eigenvalue weighted by Crippen LogP contribution is 2.21. The molecule has 0 saturated carbocycles. The van der Waals surface area contributed by atoms with E-state index in [9.17, 15) is 0 Å². The summed E-state index contributed by atoms with van der Waals surface area (Å²) in [7, 11) is 0. The third-order valence-electron chi connectivity index (χ3n) is 3.31. The fourth-order valence-electron chi connectivity index (χ4n) is 2.46. The largest absolute Gasteiger partial charge is 0.313 e. The lowest BCUT2D eigenvalue weighted by atomic mass is 10.1. The molecule has 0 radical (unpaired) electrons. The second-order valence-corrected chi connectivity index (χ2v) is 5.48. The zero-order valence-corrected chi connectivity index (χ0v) is 10.5. The maximum absolute atomic E-state index is 4.30. The highest BCUT2D eigenvalue weighted by atomic mass is 32.1. The van der Waals surface area contributed by atoms with Crippen molar-refractivity contribution in [3.8, 4) is 0 Å². The van der Waals surface area contributed by atoms with Gasteiger partial charge in [0, 0.05) is 30.6 Å². The van der Waals surface area contributed by atoms with Crippen LogP contribution in [0.2, 0.25) is 0 Å². The van der Waals surface area contributed by atoms with E-state index in [0.717, 1.165) is 13.0 Å². The third kappa shape index (κ3) is 2.56. The maximum atomic E-state index is 4.30. The molecule has 1 aliphatic rings. The quantitative estimate of drug-likeness (QED) is 0.893. The summed E-state index contributed by atoms with van der Waals surface area (Å²) in [5.74, 6) is 0. The molecule has 0 bridgehead atoms. The predicted molar refractivity (Wildman–Crippen MR) is 71.5 cm³/mol. The molecule has 0 unspecified atom stereocenters. The Labute approximate surface area is 106 Å². The molecule has 1 aliphatic carbocycles. The van der Waals surface area contributed by atoms with E-state index >= 15 is 0 Å². The summed E-state index contributed by atoms with van der Waals surface area (Å²) >= 11 is 1.74. The van der Waals surface area contributed by atoms with Crippen molar-refractivity contribution in [1.29, 1.82) is 0 Å². The highest BCUT2D eigenvalue weighted by Gasteiger charge is 2.19. The van der Waals surface area contributed by atoms with E-state index in [4.69, 9.17) is 0 Å². The number of hydrogen-bond acceptors (Lipinski definition) is 3. The van der Waals surface area contributed by atoms with Gasteiger partial charge in [-0.3, -0.25) is 0 Å². The van der Waals surface area contributed by atoms with Crippen LogP contribution >= 0.6 is 11.3 Å². The van der Waals surface area contributed by atoms with Gasteiger partial charge in [0.15, 0.2) is 0 Å². The molecule has 3 heteroatoms. The molecule has 1 aromatic carbocycles. The Bertz CT molecular complexity index is 454. The van der Waals surface area contributed by atoms with E-state index in [1.54, 1.807) is 11.3 Å². The zero-order chi connectivity index (χ0) is 11.5. The number of nitrogens with zero attached hydrogens (tertiary/aromatic N) is 1. The summed E-state index contributed by atoms with van der Waals surface area (Å²) in [6, 6.07) is 9.39. The molecular formula is C14H16N2S. The number of fused-ring (bicyclic) bond motifs is 1. The van der Waals surface area contributed by atoms with Gasteiger partial charge in [0.1, 0.15) is 0 Å². The Morgan fingerprint density at radius 1 is 1.24 bits per heavy atom. The fourth-order valence-corrected chi connectivity index (χ4v) is 3.08. The fraction of sp³-hybridized carbons (Fsp3) is 0.357. The maximum Gasteiger partial charge on any atom is 0.0937 e. The molecule has 17 heavy (non-hydrogen) atoms. The van der Waals surface area contributed by atoms with Crippen LogP contribution in [0.4, 0.5) is 0 Å². The number of aromatic nitrogens is 1. The average Bonchev–Trinajstić information content (AvgIpc) is 2.96. The van der Waals surface area contributed by atoms with Crippen LogP contribution in [0.3, 0.4) is 0 Å². The first-order valence-electron chi connectivity index (χ1n) is 6.10. The topological polar surface area (TPSA) is 24.9 Å². The van der Waals surface area contributed by atoms with Crippen molar-refractivity contribution in [2.24, 2.45) is 0 Å². The molecule has 3 rings (SSSR count). The number of nitrogens with one attached hydrogen (secondary N) is 1. The van der Waals surface area contributed by atoms with Gasteiger partial charge in [-0.25, -0.2) is 4.98 Å². The lowest BCUT2D eigenvalue weighted by molar-refractivity contribution is 0.536. The van der Waals surface area contributed by atoms with Crippen LogP contribution in [0.1, 0.15) is 16.1 Å². The first-order chi connectivity index (χ1) is 8.42. The second-order valence-electron chi connectivity index (χ2n) is 4.50. The molecule has 1 aromatic heterocycles. The van der Waals surface area contributed by atoms with Crippen molar-refractivity contribution < 1.29 is 0 Å². The molecule has 0 amide bonds. The molecule has 1 N–H and O–H groups in total. The van der Waals surface area contributed by atoms with Gasteiger partial charge in [0.05, 0.1) is 5.01 Å². The number of hydrogen-bond donors (Lipinski definition) is 1. The number of rotatable bonds is 4. The van der Waals surface area contributed by atoms with Gasteiger partial charge in [0.25, 0.3) is 0 Å². The van der Waals surface area contributed by atoms with Gasteiger partial charge in [-0.05, 0) is 24.0 Å². The zero-order valence-electron chi connectivity index (χ0n) is 9.73. The number of thiazole rings is 1. The van der Waals surface area contributed by atoms with Crippen molar-refractivity contribution in [2.45, 2.75) is 25.3 Å². The minimum atomic E-state index is 0.618. The minimum Gasteiger partial charge on any atom is -0.313 e. The summed E-state index contributed by atoms with van der Waals surface area (Å²) in [6.07, 6.45) is 5.28. The highest BCUT2D eigenvalue weighted by molar-refractivity contribution is 7.09. The lowest BCUT2D eigenvalue weighted by Crippen LogP contribution is -2.31. The van der Waals surface area contributed by atoms with Crippen LogP contribution < -0.4 is 5.32 Å². The Morgan fingerprint density at radius 2 is 2.00 bits per heavy atom. The molecule has 2 aromatic rings. The smallest absolute Gasteiger partial charge is 0.0937 e. The molecule has 0 saturated heterocycles. The van der Waals surface area contributed by atoms with E-state index in [-0.39, 0.29) is 0 Å². The normalized spacial score (nSPS) is 15.1. The summed E-state index contributed by atoms with van der Waals surface area (Å²) < 4.78 is 0. The summed E-state index contributed by atoms with van der Waals surface area (Å²) in [6.45, 7) is 1.03. The predicted octanol–water partition coefficient (Wildman–Crippen LogP) is 2.44. The van der Waals surface area contributed by atoms with E-state index in [0.29, 0.717) is 6.04 Å². The molecule has 0 atom stereocenters. The van der Waals surface area contributed by atoms with Crippen LogP contribution in [0.5, 0.6) is 0 Å². The molecule has 1 heterocycles. The van der Waals surface area contributed by atoms with Crippen molar-refractivity contribution >= 4 is 11.3 Å². The van der Waals surface area contributed by atoms with Gasteiger partial charge in [-0.1, -0.05) is 24.3 Å². The Balaban J connectivity index is 1.49. The first-order valence-corrected chi connectivity index (χ1v) is 6.98. The lowest BCUT2D eigenvalue weighted by Gasteiger charge is -2.10. The average molecular weight is 244 g/mol. The SMILES string of the molecule is c1ccc2c(c1)CC(NCCc1nccs1)C2. The van der Waals surface area contributed by atoms with Crippen molar-refractivity contribution in [3.05, 3.63) is 52.0 Å². The van der Waals surface area contributed by atoms with Crippen LogP contribution in [-0.4, -0.2) is 17.6 Å². The van der Waals surface area contributed by atoms with E-state index in [1.165, 1.54) is 29.0 Å². The third-order valence-corrected chi connectivity index (χ3v) is 4.15. The van der Waals surface area contributed by atoms with E-state index in [2.05, 4.69) is 34.6 Å². The van der Waals surface area contributed by atoms with Crippen molar-refractivity contribution in [3.63, 3.8) is 0 Å². The van der Waals surface area contributed by atoms with Gasteiger partial charge < -0.3 is 5.32 Å². The summed E-state index contributed by atoms with van der Waals surface area (Å²) in [4.78, 5) is 4.30. The van der Waals surface area contributed by atoms with Crippen molar-refractivity contribution in [1.82, 2.24) is 10.3 Å². The van der Waals surface area contributed by atoms with Crippen LogP contribution in [0.25, 0.3) is 0 Å². The van der Waals surface area contributed by atoms with E-state index in [1.807, 2.05) is 11.6 Å². The van der Waals surface area contributed by atoms with Gasteiger partial charge >= 0.3 is 0 Å². The number of benzene rings is 1. The summed E-state index contributed by atoms with van der Waals surface area (Å²) in [5.41, 5.74) is 3.03. The molecular weight excluding hydrogens is 228 g/mol. The summed E-state index contributed by atoms with van der Waals surface area (Å²) in [5, 5.41) is 6.91. The van der Waals surface area contributed by atoms with Gasteiger partial charge in [-0.2, -0.15) is 0 Å². The molecule has 2 nitrogen and oxygen atoms in total.